The zero-order chi connectivity index (χ0) is 12.6. The van der Waals surface area contributed by atoms with Gasteiger partial charge in [-0.25, -0.2) is 0 Å². The van der Waals surface area contributed by atoms with Gasteiger partial charge in [0.2, 0.25) is 11.8 Å². The molecule has 1 aliphatic carbocycles. The van der Waals surface area contributed by atoms with E-state index >= 15 is 0 Å². The zero-order valence-corrected chi connectivity index (χ0v) is 10.7. The van der Waals surface area contributed by atoms with E-state index in [9.17, 15) is 9.59 Å². The molecule has 2 fully saturated rings. The lowest BCUT2D eigenvalue weighted by Crippen LogP contribution is -2.58. The molecule has 0 bridgehead atoms. The van der Waals surface area contributed by atoms with E-state index in [4.69, 9.17) is 0 Å². The third-order valence-electron chi connectivity index (χ3n) is 3.67. The van der Waals surface area contributed by atoms with Crippen molar-refractivity contribution in [2.75, 3.05) is 20.1 Å². The van der Waals surface area contributed by atoms with Gasteiger partial charge in [-0.3, -0.25) is 9.59 Å². The van der Waals surface area contributed by atoms with Crippen molar-refractivity contribution in [2.45, 2.75) is 38.8 Å². The number of hydrogen-bond donors (Lipinski definition) is 2. The molecule has 0 unspecified atom stereocenters. The highest BCUT2D eigenvalue weighted by atomic mass is 16.2. The molecule has 0 spiro atoms. The summed E-state index contributed by atoms with van der Waals surface area (Å²) in [5.74, 6) is -0.113. The van der Waals surface area contributed by atoms with Crippen molar-refractivity contribution < 1.29 is 9.59 Å². The largest absolute Gasteiger partial charge is 0.358 e. The normalized spacial score (nSPS) is 30.9. The Labute approximate surface area is 102 Å². The second-order valence-electron chi connectivity index (χ2n) is 5.34. The van der Waals surface area contributed by atoms with E-state index in [1.54, 1.807) is 7.05 Å². The van der Waals surface area contributed by atoms with Crippen molar-refractivity contribution in [2.24, 2.45) is 5.41 Å². The summed E-state index contributed by atoms with van der Waals surface area (Å²) in [6.45, 7) is 5.52. The Kier molecular flexibility index (Phi) is 3.12. The molecule has 0 radical (unpaired) electrons. The van der Waals surface area contributed by atoms with Crippen molar-refractivity contribution in [1.29, 1.82) is 0 Å². The van der Waals surface area contributed by atoms with E-state index in [2.05, 4.69) is 24.5 Å². The van der Waals surface area contributed by atoms with Gasteiger partial charge in [-0.15, -0.1) is 0 Å². The average molecular weight is 239 g/mol. The fraction of sp³-hybridized carbons (Fsp3) is 0.833. The molecule has 2 rings (SSSR count). The number of carbonyl (C=O) groups excluding carboxylic acids is 2. The molecule has 2 N–H and O–H groups in total. The number of rotatable bonds is 2. The summed E-state index contributed by atoms with van der Waals surface area (Å²) in [6.07, 6.45) is 1.39. The average Bonchev–Trinajstić information content (AvgIpc) is 3.07. The third kappa shape index (κ3) is 2.16. The molecule has 2 aliphatic rings. The van der Waals surface area contributed by atoms with Crippen molar-refractivity contribution >= 4 is 11.8 Å². The van der Waals surface area contributed by atoms with Crippen LogP contribution in [-0.2, 0) is 9.59 Å². The van der Waals surface area contributed by atoms with E-state index in [0.717, 1.165) is 0 Å². The summed E-state index contributed by atoms with van der Waals surface area (Å²) >= 11 is 0. The molecule has 0 aromatic carbocycles. The highest BCUT2D eigenvalue weighted by Crippen LogP contribution is 2.47. The predicted molar refractivity (Wildman–Crippen MR) is 64.4 cm³/mol. The molecular weight excluding hydrogens is 218 g/mol. The lowest BCUT2D eigenvalue weighted by atomic mass is 10.0. The first-order valence-corrected chi connectivity index (χ1v) is 6.27. The maximum absolute atomic E-state index is 12.4. The molecule has 96 valence electrons. The summed E-state index contributed by atoms with van der Waals surface area (Å²) in [7, 11) is 1.60. The van der Waals surface area contributed by atoms with Crippen LogP contribution >= 0.6 is 0 Å². The maximum atomic E-state index is 12.4. The second kappa shape index (κ2) is 4.29. The molecule has 1 saturated carbocycles. The molecule has 0 aromatic rings. The van der Waals surface area contributed by atoms with Crippen molar-refractivity contribution in [3.63, 3.8) is 0 Å². The molecule has 5 heteroatoms. The number of carbonyl (C=O) groups is 2. The molecule has 0 aromatic heterocycles. The van der Waals surface area contributed by atoms with Gasteiger partial charge in [-0.2, -0.15) is 0 Å². The van der Waals surface area contributed by atoms with Crippen LogP contribution in [0.3, 0.4) is 0 Å². The zero-order valence-electron chi connectivity index (χ0n) is 10.7. The number of amides is 2. The van der Waals surface area contributed by atoms with E-state index in [0.29, 0.717) is 38.0 Å². The number of nitrogens with zero attached hydrogens (tertiary/aromatic N) is 1. The fourth-order valence-electron chi connectivity index (χ4n) is 2.70. The van der Waals surface area contributed by atoms with Gasteiger partial charge in [-0.1, -0.05) is 0 Å². The quantitative estimate of drug-likeness (QED) is 0.652. The van der Waals surface area contributed by atoms with Crippen LogP contribution < -0.4 is 10.6 Å². The summed E-state index contributed by atoms with van der Waals surface area (Å²) in [5.41, 5.74) is -0.745. The predicted octanol–water partition coefficient (Wildman–Crippen LogP) is -0.279. The fourth-order valence-corrected chi connectivity index (χ4v) is 2.70. The second-order valence-corrected chi connectivity index (χ2v) is 5.34. The van der Waals surface area contributed by atoms with Crippen LogP contribution in [0.4, 0.5) is 0 Å². The van der Waals surface area contributed by atoms with Gasteiger partial charge in [0.15, 0.2) is 0 Å². The van der Waals surface area contributed by atoms with E-state index < -0.39 is 5.41 Å². The molecular formula is C12H21N3O2. The molecule has 5 nitrogen and oxygen atoms in total. The molecule has 1 heterocycles. The van der Waals surface area contributed by atoms with E-state index in [-0.39, 0.29) is 11.8 Å². The van der Waals surface area contributed by atoms with Gasteiger partial charge in [0.05, 0.1) is 0 Å². The van der Waals surface area contributed by atoms with E-state index in [1.165, 1.54) is 0 Å². The summed E-state index contributed by atoms with van der Waals surface area (Å²) in [6, 6.07) is 0.589. The monoisotopic (exact) mass is 239 g/mol. The van der Waals surface area contributed by atoms with Crippen LogP contribution in [0, 0.1) is 5.41 Å². The van der Waals surface area contributed by atoms with Gasteiger partial charge in [0.25, 0.3) is 0 Å². The van der Waals surface area contributed by atoms with Gasteiger partial charge in [-0.05, 0) is 26.7 Å². The number of piperazine rings is 1. The van der Waals surface area contributed by atoms with E-state index in [1.807, 2.05) is 4.90 Å². The first-order valence-electron chi connectivity index (χ1n) is 6.27. The first-order chi connectivity index (χ1) is 7.99. The number of nitrogens with one attached hydrogen (secondary N) is 2. The van der Waals surface area contributed by atoms with Crippen LogP contribution in [0.5, 0.6) is 0 Å². The van der Waals surface area contributed by atoms with Gasteiger partial charge >= 0.3 is 0 Å². The molecule has 2 atom stereocenters. The van der Waals surface area contributed by atoms with Crippen molar-refractivity contribution in [3.05, 3.63) is 0 Å². The minimum absolute atomic E-state index is 0.0112. The Hall–Kier alpha value is -1.10. The third-order valence-corrected chi connectivity index (χ3v) is 3.67. The molecule has 2 amide bonds. The minimum Gasteiger partial charge on any atom is -0.358 e. The van der Waals surface area contributed by atoms with Gasteiger partial charge < -0.3 is 15.5 Å². The smallest absolute Gasteiger partial charge is 0.238 e. The minimum atomic E-state index is -0.745. The Bertz CT molecular complexity index is 329. The summed E-state index contributed by atoms with van der Waals surface area (Å²) in [5, 5.41) is 5.99. The maximum Gasteiger partial charge on any atom is 0.238 e. The standard InChI is InChI=1S/C12H21N3O2/c1-8-6-15(7-9(2)14-8)11(17)12(4-5-12)10(16)13-3/h8-9,14H,4-7H2,1-3H3,(H,13,16)/t8-,9+. The summed E-state index contributed by atoms with van der Waals surface area (Å²) in [4.78, 5) is 26.0. The Morgan fingerprint density at radius 1 is 1.24 bits per heavy atom. The SMILES string of the molecule is CNC(=O)C1(C(=O)N2C[C@@H](C)N[C@@H](C)C2)CC1. The lowest BCUT2D eigenvalue weighted by molar-refractivity contribution is -0.145. The van der Waals surface area contributed by atoms with Gasteiger partial charge in [0.1, 0.15) is 5.41 Å². The van der Waals surface area contributed by atoms with Crippen LogP contribution in [-0.4, -0.2) is 48.9 Å². The van der Waals surface area contributed by atoms with Crippen LogP contribution in [0.25, 0.3) is 0 Å². The highest BCUT2D eigenvalue weighted by Gasteiger charge is 2.57. The summed E-state index contributed by atoms with van der Waals surface area (Å²) < 4.78 is 0. The topological polar surface area (TPSA) is 61.4 Å². The van der Waals surface area contributed by atoms with Crippen molar-refractivity contribution in [3.8, 4) is 0 Å². The lowest BCUT2D eigenvalue weighted by Gasteiger charge is -2.37. The van der Waals surface area contributed by atoms with Crippen LogP contribution in [0.15, 0.2) is 0 Å². The Morgan fingerprint density at radius 2 is 1.76 bits per heavy atom. The first kappa shape index (κ1) is 12.4. The van der Waals surface area contributed by atoms with Crippen LogP contribution in [0.1, 0.15) is 26.7 Å². The van der Waals surface area contributed by atoms with Crippen LogP contribution in [0.2, 0.25) is 0 Å². The van der Waals surface area contributed by atoms with Crippen molar-refractivity contribution in [1.82, 2.24) is 15.5 Å². The molecule has 1 saturated heterocycles. The number of hydrogen-bond acceptors (Lipinski definition) is 3. The highest BCUT2D eigenvalue weighted by molar-refractivity contribution is 6.07. The Morgan fingerprint density at radius 3 is 2.18 bits per heavy atom. The molecule has 17 heavy (non-hydrogen) atoms. The molecule has 1 aliphatic heterocycles. The Balaban J connectivity index is 2.07. The van der Waals surface area contributed by atoms with Gasteiger partial charge in [0, 0.05) is 32.2 Å².